The molecule has 0 radical (unpaired) electrons. The van der Waals surface area contributed by atoms with E-state index in [-0.39, 0.29) is 0 Å². The minimum atomic E-state index is -0.991. The van der Waals surface area contributed by atoms with Crippen molar-refractivity contribution in [3.05, 3.63) is 57.5 Å². The minimum Gasteiger partial charge on any atom is -0.479 e. The summed E-state index contributed by atoms with van der Waals surface area (Å²) in [6.07, 6.45) is 0. The third kappa shape index (κ3) is 8.76. The summed E-state index contributed by atoms with van der Waals surface area (Å²) in [7, 11) is 1.34. The first-order valence-electron chi connectivity index (χ1n) is 8.55. The van der Waals surface area contributed by atoms with Gasteiger partial charge in [-0.15, -0.1) is 0 Å². The summed E-state index contributed by atoms with van der Waals surface area (Å²) >= 11 is 12.0. The molecule has 2 aromatic carbocycles. The van der Waals surface area contributed by atoms with Gasteiger partial charge in [-0.25, -0.2) is 4.79 Å². The lowest BCUT2D eigenvalue weighted by Gasteiger charge is -2.23. The Bertz CT molecular complexity index is 818. The molecule has 0 atom stereocenters. The van der Waals surface area contributed by atoms with E-state index in [1.165, 1.54) is 7.11 Å². The third-order valence-electron chi connectivity index (χ3n) is 3.52. The second-order valence-corrected chi connectivity index (χ2v) is 9.07. The van der Waals surface area contributed by atoms with Crippen molar-refractivity contribution in [2.24, 2.45) is 0 Å². The van der Waals surface area contributed by atoms with Crippen molar-refractivity contribution < 1.29 is 23.8 Å². The second-order valence-electron chi connectivity index (χ2n) is 6.90. The number of benzene rings is 2. The van der Waals surface area contributed by atoms with Gasteiger partial charge in [-0.1, -0.05) is 31.9 Å². The predicted octanol–water partition coefficient (Wildman–Crippen LogP) is 6.15. The Hall–Kier alpha value is -1.57. The summed E-state index contributed by atoms with van der Waals surface area (Å²) in [5.74, 6) is 0.853. The van der Waals surface area contributed by atoms with E-state index in [0.29, 0.717) is 11.5 Å². The van der Waals surface area contributed by atoms with Crippen LogP contribution in [0.5, 0.6) is 11.5 Å². The molecule has 0 aliphatic carbocycles. The van der Waals surface area contributed by atoms with Crippen molar-refractivity contribution in [2.75, 3.05) is 7.11 Å². The molecule has 0 saturated carbocycles. The molecule has 0 aliphatic heterocycles. The van der Waals surface area contributed by atoms with Crippen LogP contribution in [0.25, 0.3) is 0 Å². The molecule has 158 valence electrons. The molecule has 29 heavy (non-hydrogen) atoms. The van der Waals surface area contributed by atoms with E-state index in [2.05, 4.69) is 36.6 Å². The maximum atomic E-state index is 11.3. The molecule has 8 heteroatoms. The van der Waals surface area contributed by atoms with E-state index in [1.807, 2.05) is 24.3 Å². The Labute approximate surface area is 192 Å². The van der Waals surface area contributed by atoms with Gasteiger partial charge in [-0.3, -0.25) is 4.79 Å². The molecule has 0 saturated heterocycles. The third-order valence-corrected chi connectivity index (χ3v) is 5.04. The lowest BCUT2D eigenvalue weighted by Crippen LogP contribution is -2.39. The summed E-state index contributed by atoms with van der Waals surface area (Å²) in [5, 5.41) is -0.514. The highest BCUT2D eigenvalue weighted by Gasteiger charge is 2.31. The van der Waals surface area contributed by atoms with Gasteiger partial charge in [-0.05, 0) is 87.8 Å². The molecule has 0 unspecified atom stereocenters. The summed E-state index contributed by atoms with van der Waals surface area (Å²) < 4.78 is 17.5. The fraction of sp³-hybridized carbons (Fsp3) is 0.333. The van der Waals surface area contributed by atoms with Gasteiger partial charge in [-0.2, -0.15) is 0 Å². The first kappa shape index (κ1) is 25.5. The van der Waals surface area contributed by atoms with Crippen molar-refractivity contribution in [2.45, 2.75) is 38.9 Å². The first-order chi connectivity index (χ1) is 13.4. The highest BCUT2D eigenvalue weighted by atomic mass is 79.9. The lowest BCUT2D eigenvalue weighted by molar-refractivity contribution is -0.156. The smallest absolute Gasteiger partial charge is 0.349 e. The van der Waals surface area contributed by atoms with Crippen LogP contribution in [0, 0.1) is 0 Å². The average Bonchev–Trinajstić information content (AvgIpc) is 2.65. The van der Waals surface area contributed by atoms with Crippen molar-refractivity contribution in [3.8, 4) is 11.5 Å². The number of carbonyl (C=O) groups is 2. The van der Waals surface area contributed by atoms with Crippen LogP contribution in [-0.2, 0) is 14.3 Å². The zero-order chi connectivity index (χ0) is 22.2. The van der Waals surface area contributed by atoms with Gasteiger partial charge >= 0.3 is 5.97 Å². The molecule has 0 aromatic heterocycles. The molecular formula is C21H23Br2ClO5. The van der Waals surface area contributed by atoms with Gasteiger partial charge < -0.3 is 14.2 Å². The van der Waals surface area contributed by atoms with E-state index in [0.717, 1.165) is 8.95 Å². The molecule has 2 aromatic rings. The van der Waals surface area contributed by atoms with Crippen LogP contribution in [0.4, 0.5) is 0 Å². The minimum absolute atomic E-state index is 0.398. The predicted molar refractivity (Wildman–Crippen MR) is 121 cm³/mol. The number of ether oxygens (including phenoxy) is 3. The number of carbonyl (C=O) groups excluding carboxylic acids is 2. The Balaban J connectivity index is 0.000000291. The second kappa shape index (κ2) is 11.0. The molecule has 0 fully saturated rings. The van der Waals surface area contributed by atoms with Crippen LogP contribution in [0.3, 0.4) is 0 Å². The number of hydrogen-bond acceptors (Lipinski definition) is 5. The van der Waals surface area contributed by atoms with Gasteiger partial charge in [0.05, 0.1) is 7.11 Å². The topological polar surface area (TPSA) is 61.8 Å². The Morgan fingerprint density at radius 3 is 1.41 bits per heavy atom. The van der Waals surface area contributed by atoms with E-state index in [9.17, 15) is 9.59 Å². The van der Waals surface area contributed by atoms with Gasteiger partial charge in [0.1, 0.15) is 11.5 Å². The molecule has 0 amide bonds. The molecular weight excluding hydrogens is 527 g/mol. The van der Waals surface area contributed by atoms with Crippen LogP contribution in [0.2, 0.25) is 0 Å². The largest absolute Gasteiger partial charge is 0.479 e. The van der Waals surface area contributed by atoms with Crippen LogP contribution in [0.1, 0.15) is 27.7 Å². The number of esters is 1. The van der Waals surface area contributed by atoms with Crippen LogP contribution >= 0.6 is 43.5 Å². The molecule has 0 aliphatic rings. The van der Waals surface area contributed by atoms with Crippen LogP contribution in [0.15, 0.2) is 57.5 Å². The Morgan fingerprint density at radius 2 is 1.10 bits per heavy atom. The lowest BCUT2D eigenvalue weighted by atomic mass is 10.1. The van der Waals surface area contributed by atoms with Gasteiger partial charge in [0.2, 0.25) is 0 Å². The summed E-state index contributed by atoms with van der Waals surface area (Å²) in [6, 6.07) is 14.5. The van der Waals surface area contributed by atoms with Crippen molar-refractivity contribution in [3.63, 3.8) is 0 Å². The molecule has 0 N–H and O–H groups in total. The molecule has 5 nitrogen and oxygen atoms in total. The van der Waals surface area contributed by atoms with E-state index in [1.54, 1.807) is 52.0 Å². The highest BCUT2D eigenvalue weighted by molar-refractivity contribution is 9.10. The van der Waals surface area contributed by atoms with E-state index in [4.69, 9.17) is 21.1 Å². The number of rotatable bonds is 6. The van der Waals surface area contributed by atoms with Crippen LogP contribution in [-0.4, -0.2) is 29.5 Å². The van der Waals surface area contributed by atoms with Crippen molar-refractivity contribution >= 4 is 54.7 Å². The van der Waals surface area contributed by atoms with E-state index < -0.39 is 22.4 Å². The van der Waals surface area contributed by atoms with E-state index >= 15 is 0 Å². The number of hydrogen-bond donors (Lipinski definition) is 0. The number of methoxy groups -OCH3 is 1. The molecule has 2 rings (SSSR count). The summed E-state index contributed by atoms with van der Waals surface area (Å²) in [5.41, 5.74) is -1.96. The maximum absolute atomic E-state index is 11.3. The zero-order valence-electron chi connectivity index (χ0n) is 16.8. The average molecular weight is 551 g/mol. The monoisotopic (exact) mass is 548 g/mol. The van der Waals surface area contributed by atoms with Gasteiger partial charge in [0.15, 0.2) is 11.2 Å². The van der Waals surface area contributed by atoms with Gasteiger partial charge in [0.25, 0.3) is 5.24 Å². The summed E-state index contributed by atoms with van der Waals surface area (Å²) in [6.45, 7) is 6.59. The van der Waals surface area contributed by atoms with Crippen LogP contribution < -0.4 is 9.47 Å². The quantitative estimate of drug-likeness (QED) is 0.319. The first-order valence-corrected chi connectivity index (χ1v) is 10.5. The highest BCUT2D eigenvalue weighted by Crippen LogP contribution is 2.23. The molecule has 0 heterocycles. The SMILES string of the molecule is CC(C)(Oc1ccc(Br)cc1)C(=O)Cl.COC(=O)C(C)(C)Oc1ccc(Br)cc1. The normalized spacial score (nSPS) is 11.0. The molecule has 0 spiro atoms. The van der Waals surface area contributed by atoms with Crippen molar-refractivity contribution in [1.82, 2.24) is 0 Å². The standard InChI is InChI=1S/C11H13BrO3.C10H10BrClO2/c1-11(2,10(13)14-3)15-9-6-4-8(12)5-7-9;1-10(2,9(12)13)14-8-5-3-7(11)4-6-8/h4-7H,1-3H3;3-6H,1-2H3. The van der Waals surface area contributed by atoms with Gasteiger partial charge in [0, 0.05) is 8.95 Å². The maximum Gasteiger partial charge on any atom is 0.349 e. The fourth-order valence-corrected chi connectivity index (χ4v) is 2.49. The zero-order valence-corrected chi connectivity index (χ0v) is 20.7. The van der Waals surface area contributed by atoms with Crippen molar-refractivity contribution in [1.29, 1.82) is 0 Å². The Kier molecular flexibility index (Phi) is 9.65. The summed E-state index contributed by atoms with van der Waals surface area (Å²) in [4.78, 5) is 22.3. The number of halogens is 3. The molecule has 0 bridgehead atoms. The Morgan fingerprint density at radius 1 is 0.759 bits per heavy atom. The fourth-order valence-electron chi connectivity index (χ4n) is 1.92.